The van der Waals surface area contributed by atoms with Crippen LogP contribution in [0.15, 0.2) is 12.5 Å². The van der Waals surface area contributed by atoms with Gasteiger partial charge in [-0.1, -0.05) is 20.3 Å². The van der Waals surface area contributed by atoms with E-state index in [1.807, 2.05) is 0 Å². The third-order valence-corrected chi connectivity index (χ3v) is 5.21. The van der Waals surface area contributed by atoms with Gasteiger partial charge in [-0.2, -0.15) is 0 Å². The van der Waals surface area contributed by atoms with Crippen molar-refractivity contribution in [1.82, 2.24) is 25.9 Å². The Balaban J connectivity index is 2.85. The number of nitrogens with one attached hydrogen (secondary N) is 4. The molecule has 192 valence electrons. The summed E-state index contributed by atoms with van der Waals surface area (Å²) in [5, 5.41) is 26.9. The summed E-state index contributed by atoms with van der Waals surface area (Å²) in [7, 11) is 0. The lowest BCUT2D eigenvalue weighted by molar-refractivity contribution is -0.143. The first kappa shape index (κ1) is 29.0. The first-order chi connectivity index (χ1) is 16.0. The zero-order valence-corrected chi connectivity index (χ0v) is 19.8. The highest BCUT2D eigenvalue weighted by atomic mass is 16.4. The van der Waals surface area contributed by atoms with Crippen molar-refractivity contribution in [2.45, 2.75) is 76.7 Å². The number of aliphatic carboxylic acids is 1. The number of carbonyl (C=O) groups is 4. The molecule has 0 aliphatic rings. The molecular formula is C21H37N7O6. The lowest BCUT2D eigenvalue weighted by Gasteiger charge is -2.28. The standard InChI is InChI=1S/C21H37N7O6/c1-11(2)16(27-18(30)14(23)6-4-5-7-22)19(31)28-17(12(3)29)20(32)26-15(21(33)34)8-13-9-24-10-25-13/h9-12,14-17,29H,4-8,22-23H2,1-3H3,(H,24,25)(H,26,32)(H,27,30)(H,28,31)(H,33,34). The van der Waals surface area contributed by atoms with E-state index < -0.39 is 54.0 Å². The van der Waals surface area contributed by atoms with Gasteiger partial charge in [0.1, 0.15) is 18.1 Å². The fourth-order valence-corrected chi connectivity index (χ4v) is 3.16. The summed E-state index contributed by atoms with van der Waals surface area (Å²) >= 11 is 0. The van der Waals surface area contributed by atoms with Crippen LogP contribution in [0.5, 0.6) is 0 Å². The Bertz CT molecular complexity index is 800. The average molecular weight is 484 g/mol. The highest BCUT2D eigenvalue weighted by molar-refractivity contribution is 5.94. The lowest BCUT2D eigenvalue weighted by atomic mass is 10.0. The van der Waals surface area contributed by atoms with Gasteiger partial charge in [-0.3, -0.25) is 14.4 Å². The van der Waals surface area contributed by atoms with Crippen LogP contribution in [0.4, 0.5) is 0 Å². The molecule has 1 aromatic heterocycles. The molecule has 0 saturated heterocycles. The number of aromatic amines is 1. The second-order valence-electron chi connectivity index (χ2n) is 8.53. The number of unbranched alkanes of at least 4 members (excludes halogenated alkanes) is 1. The number of carbonyl (C=O) groups excluding carboxylic acids is 3. The average Bonchev–Trinajstić information content (AvgIpc) is 3.27. The molecule has 5 unspecified atom stereocenters. The normalized spacial score (nSPS) is 15.6. The topological polar surface area (TPSA) is 226 Å². The van der Waals surface area contributed by atoms with E-state index in [-0.39, 0.29) is 12.3 Å². The molecule has 10 N–H and O–H groups in total. The molecule has 0 spiro atoms. The first-order valence-corrected chi connectivity index (χ1v) is 11.2. The molecule has 1 rings (SSSR count). The van der Waals surface area contributed by atoms with Crippen molar-refractivity contribution in [3.8, 4) is 0 Å². The summed E-state index contributed by atoms with van der Waals surface area (Å²) in [6, 6.07) is -4.62. The van der Waals surface area contributed by atoms with Gasteiger partial charge in [-0.05, 0) is 32.2 Å². The molecule has 0 radical (unpaired) electrons. The van der Waals surface area contributed by atoms with Crippen LogP contribution in [-0.4, -0.2) is 80.7 Å². The second kappa shape index (κ2) is 14.3. The van der Waals surface area contributed by atoms with E-state index in [2.05, 4.69) is 25.9 Å². The number of hydrogen-bond acceptors (Lipinski definition) is 8. The molecule has 34 heavy (non-hydrogen) atoms. The van der Waals surface area contributed by atoms with E-state index in [1.165, 1.54) is 19.4 Å². The second-order valence-corrected chi connectivity index (χ2v) is 8.53. The van der Waals surface area contributed by atoms with Crippen LogP contribution in [0.3, 0.4) is 0 Å². The maximum Gasteiger partial charge on any atom is 0.326 e. The van der Waals surface area contributed by atoms with Gasteiger partial charge < -0.3 is 42.6 Å². The van der Waals surface area contributed by atoms with E-state index in [1.54, 1.807) is 13.8 Å². The molecule has 0 aliphatic carbocycles. The van der Waals surface area contributed by atoms with Crippen LogP contribution in [0.1, 0.15) is 45.7 Å². The van der Waals surface area contributed by atoms with Crippen molar-refractivity contribution in [3.63, 3.8) is 0 Å². The summed E-state index contributed by atoms with van der Waals surface area (Å²) in [6.07, 6.45) is 3.17. The van der Waals surface area contributed by atoms with Crippen molar-refractivity contribution in [2.75, 3.05) is 6.54 Å². The maximum absolute atomic E-state index is 12.9. The summed E-state index contributed by atoms with van der Waals surface area (Å²) in [4.78, 5) is 56.2. The Morgan fingerprint density at radius 3 is 2.15 bits per heavy atom. The Morgan fingerprint density at radius 2 is 1.65 bits per heavy atom. The van der Waals surface area contributed by atoms with Gasteiger partial charge in [0.05, 0.1) is 18.5 Å². The van der Waals surface area contributed by atoms with Crippen LogP contribution >= 0.6 is 0 Å². The molecule has 0 aromatic carbocycles. The minimum atomic E-state index is -1.45. The quantitative estimate of drug-likeness (QED) is 0.129. The Morgan fingerprint density at radius 1 is 1.03 bits per heavy atom. The van der Waals surface area contributed by atoms with Crippen molar-refractivity contribution in [3.05, 3.63) is 18.2 Å². The molecule has 13 heteroatoms. The lowest BCUT2D eigenvalue weighted by Crippen LogP contribution is -2.61. The number of carboxylic acids is 1. The SMILES string of the molecule is CC(C)C(NC(=O)C(N)CCCCN)C(=O)NC(C(=O)NC(Cc1cnc[nH]1)C(=O)O)C(C)O. The smallest absolute Gasteiger partial charge is 0.326 e. The third-order valence-electron chi connectivity index (χ3n) is 5.21. The van der Waals surface area contributed by atoms with Crippen molar-refractivity contribution in [1.29, 1.82) is 0 Å². The van der Waals surface area contributed by atoms with Gasteiger partial charge >= 0.3 is 5.97 Å². The molecule has 3 amide bonds. The monoisotopic (exact) mass is 483 g/mol. The molecule has 13 nitrogen and oxygen atoms in total. The Labute approximate surface area is 198 Å². The summed E-state index contributed by atoms with van der Waals surface area (Å²) in [6.45, 7) is 5.17. The summed E-state index contributed by atoms with van der Waals surface area (Å²) in [5.74, 6) is -3.77. The number of imidazole rings is 1. The van der Waals surface area contributed by atoms with E-state index in [9.17, 15) is 29.4 Å². The van der Waals surface area contributed by atoms with Crippen molar-refractivity contribution in [2.24, 2.45) is 17.4 Å². The number of nitrogens with two attached hydrogens (primary N) is 2. The number of carboxylic acid groups (broad SMARTS) is 1. The van der Waals surface area contributed by atoms with Crippen molar-refractivity contribution >= 4 is 23.7 Å². The number of aromatic nitrogens is 2. The number of amides is 3. The summed E-state index contributed by atoms with van der Waals surface area (Å²) in [5.41, 5.74) is 11.8. The van der Waals surface area contributed by atoms with Gasteiger partial charge in [0.2, 0.25) is 17.7 Å². The fraction of sp³-hybridized carbons (Fsp3) is 0.667. The molecule has 0 fully saturated rings. The molecule has 0 bridgehead atoms. The van der Waals surface area contributed by atoms with Crippen molar-refractivity contribution < 1.29 is 29.4 Å². The molecule has 0 saturated carbocycles. The van der Waals surface area contributed by atoms with Crippen LogP contribution < -0.4 is 27.4 Å². The number of hydrogen-bond donors (Lipinski definition) is 8. The van der Waals surface area contributed by atoms with Gasteiger partial charge in [0.25, 0.3) is 0 Å². The Kier molecular flexibility index (Phi) is 12.2. The minimum absolute atomic E-state index is 0.0751. The predicted molar refractivity (Wildman–Crippen MR) is 123 cm³/mol. The first-order valence-electron chi connectivity index (χ1n) is 11.2. The largest absolute Gasteiger partial charge is 0.480 e. The van der Waals surface area contributed by atoms with Gasteiger partial charge in [0.15, 0.2) is 0 Å². The molecule has 5 atom stereocenters. The third kappa shape index (κ3) is 9.45. The van der Waals surface area contributed by atoms with Gasteiger partial charge in [0, 0.05) is 18.3 Å². The Hall–Kier alpha value is -3.03. The highest BCUT2D eigenvalue weighted by Crippen LogP contribution is 2.07. The number of H-pyrrole nitrogens is 1. The van der Waals surface area contributed by atoms with Crippen LogP contribution in [0.25, 0.3) is 0 Å². The molecule has 1 heterocycles. The van der Waals surface area contributed by atoms with E-state index >= 15 is 0 Å². The molecule has 1 aromatic rings. The van der Waals surface area contributed by atoms with Gasteiger partial charge in [-0.25, -0.2) is 9.78 Å². The van der Waals surface area contributed by atoms with E-state index in [0.29, 0.717) is 25.1 Å². The number of rotatable bonds is 15. The van der Waals surface area contributed by atoms with Crippen LogP contribution in [-0.2, 0) is 25.6 Å². The van der Waals surface area contributed by atoms with E-state index in [0.717, 1.165) is 6.42 Å². The molecular weight excluding hydrogens is 446 g/mol. The van der Waals surface area contributed by atoms with Crippen LogP contribution in [0, 0.1) is 5.92 Å². The van der Waals surface area contributed by atoms with Crippen LogP contribution in [0.2, 0.25) is 0 Å². The number of aliphatic hydroxyl groups is 1. The molecule has 0 aliphatic heterocycles. The number of aliphatic hydroxyl groups excluding tert-OH is 1. The zero-order valence-electron chi connectivity index (χ0n) is 19.8. The number of nitrogens with zero attached hydrogens (tertiary/aromatic N) is 1. The van der Waals surface area contributed by atoms with Gasteiger partial charge in [-0.15, -0.1) is 0 Å². The highest BCUT2D eigenvalue weighted by Gasteiger charge is 2.33. The predicted octanol–water partition coefficient (Wildman–Crippen LogP) is -2.02. The zero-order chi connectivity index (χ0) is 25.8. The maximum atomic E-state index is 12.9. The summed E-state index contributed by atoms with van der Waals surface area (Å²) < 4.78 is 0. The van der Waals surface area contributed by atoms with E-state index in [4.69, 9.17) is 11.5 Å². The minimum Gasteiger partial charge on any atom is -0.480 e. The fourth-order valence-electron chi connectivity index (χ4n) is 3.16.